The minimum absolute atomic E-state index is 0.0906. The number of rotatable bonds is 1. The minimum Gasteiger partial charge on any atom is -0.358 e. The maximum atomic E-state index is 12.6. The van der Waals surface area contributed by atoms with E-state index in [4.69, 9.17) is 11.6 Å². The van der Waals surface area contributed by atoms with Crippen molar-refractivity contribution in [2.24, 2.45) is 0 Å². The number of halogens is 1. The van der Waals surface area contributed by atoms with Crippen molar-refractivity contribution in [2.75, 3.05) is 0 Å². The predicted molar refractivity (Wildman–Crippen MR) is 87.1 cm³/mol. The fraction of sp³-hybridized carbons (Fsp3) is 0.188. The van der Waals surface area contributed by atoms with Crippen LogP contribution in [0.4, 0.5) is 0 Å². The average molecular weight is 331 g/mol. The van der Waals surface area contributed by atoms with Gasteiger partial charge < -0.3 is 4.98 Å². The summed E-state index contributed by atoms with van der Waals surface area (Å²) in [4.78, 5) is 33.5. The van der Waals surface area contributed by atoms with E-state index in [1.165, 1.54) is 0 Å². The number of hydrogen-bond acceptors (Lipinski definition) is 4. The number of aromatic nitrogens is 2. The molecule has 0 saturated carbocycles. The lowest BCUT2D eigenvalue weighted by Crippen LogP contribution is -2.27. The van der Waals surface area contributed by atoms with Gasteiger partial charge in [-0.2, -0.15) is 0 Å². The van der Waals surface area contributed by atoms with Crippen molar-refractivity contribution in [3.05, 3.63) is 61.3 Å². The highest BCUT2D eigenvalue weighted by Gasteiger charge is 2.30. The van der Waals surface area contributed by atoms with Gasteiger partial charge in [-0.1, -0.05) is 11.6 Å². The van der Waals surface area contributed by atoms with Gasteiger partial charge in [-0.15, -0.1) is 11.3 Å². The first-order valence-corrected chi connectivity index (χ1v) is 8.15. The number of carbonyl (C=O) groups is 1. The molecule has 1 atom stereocenters. The van der Waals surface area contributed by atoms with Crippen LogP contribution >= 0.6 is 22.9 Å². The largest absolute Gasteiger partial charge is 0.358 e. The molecule has 0 spiro atoms. The van der Waals surface area contributed by atoms with Gasteiger partial charge in [0.05, 0.1) is 11.1 Å². The summed E-state index contributed by atoms with van der Waals surface area (Å²) in [6.45, 7) is 0. The molecule has 110 valence electrons. The Morgan fingerprint density at radius 2 is 2.14 bits per heavy atom. The van der Waals surface area contributed by atoms with Gasteiger partial charge in [0.15, 0.2) is 5.78 Å². The number of ketones is 1. The third-order valence-corrected chi connectivity index (χ3v) is 5.23. The van der Waals surface area contributed by atoms with Gasteiger partial charge in [0.1, 0.15) is 0 Å². The molecule has 1 aliphatic carbocycles. The maximum absolute atomic E-state index is 12.6. The Labute approximate surface area is 134 Å². The fourth-order valence-corrected chi connectivity index (χ4v) is 3.93. The summed E-state index contributed by atoms with van der Waals surface area (Å²) in [7, 11) is 0. The van der Waals surface area contributed by atoms with Gasteiger partial charge in [0.2, 0.25) is 5.43 Å². The SMILES string of the molecule is O=C1CC(c2cncs2)Cc2[nH]c3ccc(Cl)cc3c(=O)c21. The van der Waals surface area contributed by atoms with E-state index in [1.54, 1.807) is 41.2 Å². The van der Waals surface area contributed by atoms with Gasteiger partial charge in [-0.25, -0.2) is 0 Å². The van der Waals surface area contributed by atoms with Crippen molar-refractivity contribution < 1.29 is 4.79 Å². The van der Waals surface area contributed by atoms with Crippen LogP contribution in [-0.4, -0.2) is 15.8 Å². The summed E-state index contributed by atoms with van der Waals surface area (Å²) < 4.78 is 0. The molecule has 2 heterocycles. The van der Waals surface area contributed by atoms with Crippen LogP contribution in [0.3, 0.4) is 0 Å². The molecule has 1 unspecified atom stereocenters. The molecule has 1 aliphatic rings. The van der Waals surface area contributed by atoms with Crippen LogP contribution in [-0.2, 0) is 6.42 Å². The van der Waals surface area contributed by atoms with E-state index in [0.29, 0.717) is 28.8 Å². The number of aromatic amines is 1. The quantitative estimate of drug-likeness (QED) is 0.742. The molecule has 4 rings (SSSR count). The third-order valence-electron chi connectivity index (χ3n) is 4.06. The summed E-state index contributed by atoms with van der Waals surface area (Å²) in [5.41, 5.74) is 3.26. The Hall–Kier alpha value is -1.98. The van der Waals surface area contributed by atoms with Gasteiger partial charge in [-0.3, -0.25) is 14.6 Å². The standard InChI is InChI=1S/C16H11ClN2O2S/c17-9-1-2-11-10(5-9)16(21)15-12(19-11)3-8(4-13(15)20)14-6-18-7-22-14/h1-2,5-8H,3-4H2,(H,19,21). The van der Waals surface area contributed by atoms with E-state index in [2.05, 4.69) is 9.97 Å². The molecule has 0 saturated heterocycles. The van der Waals surface area contributed by atoms with Crippen molar-refractivity contribution in [1.29, 1.82) is 0 Å². The van der Waals surface area contributed by atoms with E-state index in [9.17, 15) is 9.59 Å². The second-order valence-electron chi connectivity index (χ2n) is 5.43. The van der Waals surface area contributed by atoms with Crippen LogP contribution in [0.15, 0.2) is 34.7 Å². The molecule has 0 amide bonds. The Kier molecular flexibility index (Phi) is 3.13. The van der Waals surface area contributed by atoms with E-state index in [0.717, 1.165) is 10.6 Å². The zero-order valence-corrected chi connectivity index (χ0v) is 13.0. The van der Waals surface area contributed by atoms with Crippen LogP contribution in [0.5, 0.6) is 0 Å². The zero-order valence-electron chi connectivity index (χ0n) is 11.4. The molecule has 0 fully saturated rings. The Bertz CT molecular complexity index is 947. The summed E-state index contributed by atoms with van der Waals surface area (Å²) in [6.07, 6.45) is 2.80. The first-order chi connectivity index (χ1) is 10.6. The lowest BCUT2D eigenvalue weighted by molar-refractivity contribution is 0.0963. The molecule has 22 heavy (non-hydrogen) atoms. The van der Waals surface area contributed by atoms with Crippen LogP contribution in [0.1, 0.15) is 33.3 Å². The van der Waals surface area contributed by atoms with Gasteiger partial charge in [-0.05, 0) is 24.6 Å². The number of fused-ring (bicyclic) bond motifs is 2. The number of carbonyl (C=O) groups excluding carboxylic acids is 1. The van der Waals surface area contributed by atoms with E-state index in [1.807, 2.05) is 0 Å². The van der Waals surface area contributed by atoms with Crippen LogP contribution < -0.4 is 5.43 Å². The zero-order chi connectivity index (χ0) is 15.3. The highest BCUT2D eigenvalue weighted by Crippen LogP contribution is 2.33. The minimum atomic E-state index is -0.223. The molecule has 6 heteroatoms. The first-order valence-electron chi connectivity index (χ1n) is 6.89. The third kappa shape index (κ3) is 2.09. The van der Waals surface area contributed by atoms with Gasteiger partial charge in [0.25, 0.3) is 0 Å². The monoisotopic (exact) mass is 330 g/mol. The molecule has 1 N–H and O–H groups in total. The van der Waals surface area contributed by atoms with Crippen molar-refractivity contribution >= 4 is 39.6 Å². The number of nitrogens with zero attached hydrogens (tertiary/aromatic N) is 1. The maximum Gasteiger partial charge on any atom is 0.200 e. The molecule has 1 aromatic carbocycles. The number of thiazole rings is 1. The molecule has 3 aromatic rings. The number of pyridine rings is 1. The lowest BCUT2D eigenvalue weighted by Gasteiger charge is -2.22. The Balaban J connectivity index is 1.91. The second-order valence-corrected chi connectivity index (χ2v) is 6.78. The Morgan fingerprint density at radius 3 is 2.91 bits per heavy atom. The van der Waals surface area contributed by atoms with E-state index in [-0.39, 0.29) is 22.7 Å². The first kappa shape index (κ1) is 13.7. The van der Waals surface area contributed by atoms with Crippen molar-refractivity contribution in [2.45, 2.75) is 18.8 Å². The lowest BCUT2D eigenvalue weighted by atomic mass is 9.84. The average Bonchev–Trinajstić information content (AvgIpc) is 3.02. The predicted octanol–water partition coefficient (Wildman–Crippen LogP) is 3.55. The van der Waals surface area contributed by atoms with Gasteiger partial charge in [0, 0.05) is 45.0 Å². The number of hydrogen-bond donors (Lipinski definition) is 1. The highest BCUT2D eigenvalue weighted by molar-refractivity contribution is 7.09. The molecular weight excluding hydrogens is 320 g/mol. The second kappa shape index (κ2) is 5.04. The molecule has 0 bridgehead atoms. The number of H-pyrrole nitrogens is 1. The van der Waals surface area contributed by atoms with Gasteiger partial charge >= 0.3 is 0 Å². The number of nitrogens with one attached hydrogen (secondary N) is 1. The van der Waals surface area contributed by atoms with E-state index >= 15 is 0 Å². The summed E-state index contributed by atoms with van der Waals surface area (Å²) >= 11 is 7.50. The highest BCUT2D eigenvalue weighted by atomic mass is 35.5. The molecule has 2 aromatic heterocycles. The summed E-state index contributed by atoms with van der Waals surface area (Å²) in [5.74, 6) is -0.0179. The fourth-order valence-electron chi connectivity index (χ4n) is 3.03. The smallest absolute Gasteiger partial charge is 0.200 e. The topological polar surface area (TPSA) is 62.8 Å². The summed E-state index contributed by atoms with van der Waals surface area (Å²) in [5, 5.41) is 0.958. The van der Waals surface area contributed by atoms with Crippen molar-refractivity contribution in [1.82, 2.24) is 9.97 Å². The van der Waals surface area contributed by atoms with Crippen LogP contribution in [0.2, 0.25) is 5.02 Å². The van der Waals surface area contributed by atoms with Crippen LogP contribution in [0.25, 0.3) is 10.9 Å². The number of benzene rings is 1. The van der Waals surface area contributed by atoms with Crippen LogP contribution in [0, 0.1) is 0 Å². The van der Waals surface area contributed by atoms with E-state index < -0.39 is 0 Å². The molecular formula is C16H11ClN2O2S. The van der Waals surface area contributed by atoms with Crippen molar-refractivity contribution in [3.63, 3.8) is 0 Å². The normalized spacial score (nSPS) is 17.7. The molecule has 0 radical (unpaired) electrons. The molecule has 0 aliphatic heterocycles. The van der Waals surface area contributed by atoms with Crippen molar-refractivity contribution in [3.8, 4) is 0 Å². The molecule has 4 nitrogen and oxygen atoms in total. The summed E-state index contributed by atoms with van der Waals surface area (Å²) in [6, 6.07) is 5.12. The number of Topliss-reactive ketones (excluding diaryl/α,β-unsaturated/α-hetero) is 1. The Morgan fingerprint density at radius 1 is 1.27 bits per heavy atom.